The van der Waals surface area contributed by atoms with Gasteiger partial charge in [-0.15, -0.1) is 0 Å². The highest BCUT2D eigenvalue weighted by molar-refractivity contribution is 6.33. The fourth-order valence-electron chi connectivity index (χ4n) is 2.62. The minimum absolute atomic E-state index is 0.0704. The van der Waals surface area contributed by atoms with Crippen LogP contribution < -0.4 is 5.32 Å². The second kappa shape index (κ2) is 8.70. The Bertz CT molecular complexity index is 1130. The first kappa shape index (κ1) is 20.9. The molecule has 0 radical (unpaired) electrons. The Morgan fingerprint density at radius 1 is 1.20 bits per heavy atom. The lowest BCUT2D eigenvalue weighted by molar-refractivity contribution is -0.384. The van der Waals surface area contributed by atoms with Crippen molar-refractivity contribution in [2.45, 2.75) is 13.8 Å². The molecule has 0 saturated heterocycles. The summed E-state index contributed by atoms with van der Waals surface area (Å²) in [6.45, 7) is 3.09. The van der Waals surface area contributed by atoms with Gasteiger partial charge >= 0.3 is 5.97 Å². The minimum Gasteiger partial charge on any atom is -0.451 e. The summed E-state index contributed by atoms with van der Waals surface area (Å²) in [5.41, 5.74) is 1.68. The first-order valence-corrected chi connectivity index (χ1v) is 9.04. The number of nitro benzene ring substituents is 1. The van der Waals surface area contributed by atoms with Crippen molar-refractivity contribution in [3.8, 4) is 5.82 Å². The molecule has 0 aliphatic heterocycles. The highest BCUT2D eigenvalue weighted by atomic mass is 35.5. The molecule has 10 nitrogen and oxygen atoms in total. The van der Waals surface area contributed by atoms with Gasteiger partial charge in [-0.25, -0.2) is 14.5 Å². The maximum atomic E-state index is 12.4. The third kappa shape index (κ3) is 4.78. The Hall–Kier alpha value is -3.79. The van der Waals surface area contributed by atoms with E-state index in [0.717, 1.165) is 11.4 Å². The van der Waals surface area contributed by atoms with E-state index in [0.29, 0.717) is 11.5 Å². The van der Waals surface area contributed by atoms with E-state index >= 15 is 0 Å². The summed E-state index contributed by atoms with van der Waals surface area (Å²) in [7, 11) is 0. The van der Waals surface area contributed by atoms with Crippen LogP contribution in [0.4, 0.5) is 11.4 Å². The molecule has 1 aromatic carbocycles. The number of carbonyl (C=O) groups excluding carboxylic acids is 2. The number of hydrogen-bond acceptors (Lipinski definition) is 7. The highest BCUT2D eigenvalue weighted by Crippen LogP contribution is 2.19. The van der Waals surface area contributed by atoms with E-state index in [1.54, 1.807) is 10.7 Å². The molecule has 0 fully saturated rings. The van der Waals surface area contributed by atoms with Crippen LogP contribution in [0.25, 0.3) is 5.82 Å². The molecule has 0 aliphatic rings. The number of aromatic nitrogens is 3. The lowest BCUT2D eigenvalue weighted by atomic mass is 10.3. The number of aryl methyl sites for hydroxylation is 2. The van der Waals surface area contributed by atoms with Crippen molar-refractivity contribution >= 4 is 34.9 Å². The Kier molecular flexibility index (Phi) is 6.07. The summed E-state index contributed by atoms with van der Waals surface area (Å²) in [6, 6.07) is 10.2. The predicted molar refractivity (Wildman–Crippen MR) is 108 cm³/mol. The minimum atomic E-state index is -0.873. The normalized spacial score (nSPS) is 10.5. The van der Waals surface area contributed by atoms with Crippen molar-refractivity contribution in [3.05, 3.63) is 74.7 Å². The van der Waals surface area contributed by atoms with E-state index in [1.165, 1.54) is 30.3 Å². The van der Waals surface area contributed by atoms with Crippen LogP contribution in [0.3, 0.4) is 0 Å². The van der Waals surface area contributed by atoms with Crippen LogP contribution in [0.2, 0.25) is 5.02 Å². The second-order valence-corrected chi connectivity index (χ2v) is 6.67. The van der Waals surface area contributed by atoms with Crippen LogP contribution in [-0.2, 0) is 9.53 Å². The van der Waals surface area contributed by atoms with Crippen LogP contribution >= 0.6 is 11.6 Å². The number of benzene rings is 1. The van der Waals surface area contributed by atoms with Gasteiger partial charge in [0.25, 0.3) is 11.6 Å². The smallest absolute Gasteiger partial charge is 0.359 e. The fourth-order valence-corrected chi connectivity index (χ4v) is 2.80. The Labute approximate surface area is 175 Å². The second-order valence-electron chi connectivity index (χ2n) is 6.27. The number of amides is 1. The molecule has 0 bridgehead atoms. The molecule has 30 heavy (non-hydrogen) atoms. The Morgan fingerprint density at radius 3 is 2.50 bits per heavy atom. The number of esters is 1. The lowest BCUT2D eigenvalue weighted by Gasteiger charge is -2.09. The van der Waals surface area contributed by atoms with Gasteiger partial charge in [-0.2, -0.15) is 5.10 Å². The molecule has 3 aromatic rings. The average molecular weight is 430 g/mol. The van der Waals surface area contributed by atoms with E-state index in [4.69, 9.17) is 16.3 Å². The van der Waals surface area contributed by atoms with Crippen LogP contribution in [0.15, 0.2) is 42.5 Å². The van der Waals surface area contributed by atoms with Crippen LogP contribution in [0.5, 0.6) is 0 Å². The van der Waals surface area contributed by atoms with Crippen molar-refractivity contribution in [3.63, 3.8) is 0 Å². The summed E-state index contributed by atoms with van der Waals surface area (Å²) in [6.07, 6.45) is 0. The number of nitrogens with zero attached hydrogens (tertiary/aromatic N) is 4. The Morgan fingerprint density at radius 2 is 1.90 bits per heavy atom. The summed E-state index contributed by atoms with van der Waals surface area (Å²) >= 11 is 6.06. The van der Waals surface area contributed by atoms with Crippen molar-refractivity contribution in [1.82, 2.24) is 14.8 Å². The number of nitrogens with one attached hydrogen (secondary N) is 1. The van der Waals surface area contributed by atoms with E-state index in [9.17, 15) is 19.7 Å². The molecule has 11 heteroatoms. The molecule has 1 amide bonds. The first-order valence-electron chi connectivity index (χ1n) is 8.66. The summed E-state index contributed by atoms with van der Waals surface area (Å²) < 4.78 is 6.55. The molecule has 2 aromatic heterocycles. The van der Waals surface area contributed by atoms with Crippen LogP contribution in [0.1, 0.15) is 21.9 Å². The van der Waals surface area contributed by atoms with E-state index < -0.39 is 23.4 Å². The number of nitro groups is 1. The standard InChI is InChI=1S/C19H16ClN5O5/c1-11-9-12(2)24(23-11)16-8-7-15(20)18(22-16)19(27)30-10-17(26)21-13-3-5-14(6-4-13)25(28)29/h3-9H,10H2,1-2H3,(H,21,26). The van der Waals surface area contributed by atoms with Crippen molar-refractivity contribution < 1.29 is 19.2 Å². The Balaban J connectivity index is 1.65. The molecule has 0 aliphatic carbocycles. The zero-order valence-electron chi connectivity index (χ0n) is 16.0. The molecule has 0 saturated carbocycles. The molecule has 0 spiro atoms. The highest BCUT2D eigenvalue weighted by Gasteiger charge is 2.18. The largest absolute Gasteiger partial charge is 0.451 e. The zero-order valence-corrected chi connectivity index (χ0v) is 16.7. The van der Waals surface area contributed by atoms with Gasteiger partial charge in [0.1, 0.15) is 0 Å². The predicted octanol–water partition coefficient (Wildman–Crippen LogP) is 3.24. The van der Waals surface area contributed by atoms with E-state index in [-0.39, 0.29) is 16.4 Å². The molecular formula is C19H16ClN5O5. The molecule has 2 heterocycles. The fraction of sp³-hybridized carbons (Fsp3) is 0.158. The van der Waals surface area contributed by atoms with Gasteiger partial charge in [0.15, 0.2) is 18.1 Å². The lowest BCUT2D eigenvalue weighted by Crippen LogP contribution is -2.21. The summed E-state index contributed by atoms with van der Waals surface area (Å²) in [5, 5.41) is 17.5. The molecule has 0 atom stereocenters. The number of rotatable bonds is 6. The van der Waals surface area contributed by atoms with E-state index in [1.807, 2.05) is 19.9 Å². The molecule has 154 valence electrons. The third-order valence-electron chi connectivity index (χ3n) is 3.95. The number of ether oxygens (including phenoxy) is 1. The van der Waals surface area contributed by atoms with Crippen molar-refractivity contribution in [1.29, 1.82) is 0 Å². The maximum absolute atomic E-state index is 12.4. The molecule has 1 N–H and O–H groups in total. The topological polar surface area (TPSA) is 129 Å². The number of non-ortho nitro benzene ring substituents is 1. The van der Waals surface area contributed by atoms with Gasteiger partial charge in [0.2, 0.25) is 0 Å². The summed E-state index contributed by atoms with van der Waals surface area (Å²) in [4.78, 5) is 38.7. The van der Waals surface area contributed by atoms with Gasteiger partial charge in [-0.3, -0.25) is 14.9 Å². The summed E-state index contributed by atoms with van der Waals surface area (Å²) in [5.74, 6) is -1.11. The number of carbonyl (C=O) groups is 2. The van der Waals surface area contributed by atoms with Crippen molar-refractivity contribution in [2.75, 3.05) is 11.9 Å². The number of pyridine rings is 1. The van der Waals surface area contributed by atoms with Crippen molar-refractivity contribution in [2.24, 2.45) is 0 Å². The molecule has 0 unspecified atom stereocenters. The number of anilines is 1. The number of halogens is 1. The van der Waals surface area contributed by atoms with E-state index in [2.05, 4.69) is 15.4 Å². The average Bonchev–Trinajstić information content (AvgIpc) is 3.05. The zero-order chi connectivity index (χ0) is 21.8. The van der Waals surface area contributed by atoms with Gasteiger partial charge in [-0.05, 0) is 44.2 Å². The quantitative estimate of drug-likeness (QED) is 0.361. The monoisotopic (exact) mass is 429 g/mol. The first-order chi connectivity index (χ1) is 14.2. The van der Waals surface area contributed by atoms with Gasteiger partial charge < -0.3 is 10.1 Å². The van der Waals surface area contributed by atoms with Crippen LogP contribution in [0, 0.1) is 24.0 Å². The van der Waals surface area contributed by atoms with Gasteiger partial charge in [-0.1, -0.05) is 11.6 Å². The van der Waals surface area contributed by atoms with Crippen LogP contribution in [-0.4, -0.2) is 38.2 Å². The number of hydrogen-bond donors (Lipinski definition) is 1. The maximum Gasteiger partial charge on any atom is 0.359 e. The SMILES string of the molecule is Cc1cc(C)n(-c2ccc(Cl)c(C(=O)OCC(=O)Nc3ccc([N+](=O)[O-])cc3)n2)n1. The molecule has 3 rings (SSSR count). The van der Waals surface area contributed by atoms with Gasteiger partial charge in [0, 0.05) is 23.5 Å². The van der Waals surface area contributed by atoms with Gasteiger partial charge in [0.05, 0.1) is 15.6 Å². The third-order valence-corrected chi connectivity index (χ3v) is 4.25. The molecular weight excluding hydrogens is 414 g/mol.